The number of hydrogen-bond acceptors (Lipinski definition) is 1. The van der Waals surface area contributed by atoms with Crippen LogP contribution in [0.3, 0.4) is 0 Å². The fraction of sp³-hybridized carbons (Fsp3) is 0.0909. The van der Waals surface area contributed by atoms with Crippen LogP contribution < -0.4 is 0 Å². The first-order valence-corrected chi connectivity index (χ1v) is 8.82. The van der Waals surface area contributed by atoms with Crippen molar-refractivity contribution in [3.05, 3.63) is 52.6 Å². The molecular formula is C11H6Br3IS. The highest BCUT2D eigenvalue weighted by atomic mass is 127. The van der Waals surface area contributed by atoms with Crippen LogP contribution in [0.2, 0.25) is 0 Å². The second kappa shape index (κ2) is 5.82. The molecule has 0 aliphatic rings. The molecule has 1 unspecified atom stereocenters. The van der Waals surface area contributed by atoms with Crippen LogP contribution in [-0.2, 0) is 0 Å². The maximum Gasteiger partial charge on any atom is 0.0843 e. The van der Waals surface area contributed by atoms with Crippen molar-refractivity contribution in [1.82, 2.24) is 0 Å². The van der Waals surface area contributed by atoms with Crippen LogP contribution in [0, 0.1) is 3.57 Å². The van der Waals surface area contributed by atoms with Gasteiger partial charge in [-0.15, -0.1) is 11.3 Å². The molecule has 1 atom stereocenters. The van der Waals surface area contributed by atoms with Gasteiger partial charge in [0.25, 0.3) is 0 Å². The number of alkyl halides is 1. The summed E-state index contributed by atoms with van der Waals surface area (Å²) in [5, 5.41) is 0. The first-order chi connectivity index (χ1) is 7.59. The van der Waals surface area contributed by atoms with E-state index in [2.05, 4.69) is 101 Å². The predicted octanol–water partition coefficient (Wildman–Crippen LogP) is 6.36. The van der Waals surface area contributed by atoms with Crippen molar-refractivity contribution in [2.24, 2.45) is 0 Å². The summed E-state index contributed by atoms with van der Waals surface area (Å²) in [4.78, 5) is 1.55. The minimum Gasteiger partial charge on any atom is -0.131 e. The second-order valence-electron chi connectivity index (χ2n) is 3.15. The van der Waals surface area contributed by atoms with Gasteiger partial charge in [0.15, 0.2) is 0 Å². The van der Waals surface area contributed by atoms with E-state index in [1.54, 1.807) is 11.3 Å². The second-order valence-corrected chi connectivity index (χ2v) is 8.49. The van der Waals surface area contributed by atoms with Gasteiger partial charge in [0.2, 0.25) is 0 Å². The number of thiophene rings is 1. The lowest BCUT2D eigenvalue weighted by atomic mass is 10.1. The predicted molar refractivity (Wildman–Crippen MR) is 89.6 cm³/mol. The Labute approximate surface area is 137 Å². The van der Waals surface area contributed by atoms with Crippen LogP contribution in [0.25, 0.3) is 0 Å². The topological polar surface area (TPSA) is 0 Å². The van der Waals surface area contributed by atoms with Crippen molar-refractivity contribution in [3.63, 3.8) is 0 Å². The standard InChI is InChI=1S/C11H6Br3IS/c12-7-5-9(16-11(7)14)10(13)6-3-1-2-4-8(6)15/h1-5,10H. The van der Waals surface area contributed by atoms with E-state index in [0.717, 1.165) is 8.26 Å². The molecule has 0 radical (unpaired) electrons. The van der Waals surface area contributed by atoms with Crippen LogP contribution in [0.5, 0.6) is 0 Å². The summed E-state index contributed by atoms with van der Waals surface area (Å²) in [5.74, 6) is 0. The maximum atomic E-state index is 3.76. The lowest BCUT2D eigenvalue weighted by Gasteiger charge is -2.09. The summed E-state index contributed by atoms with van der Waals surface area (Å²) < 4.78 is 3.53. The van der Waals surface area contributed by atoms with Crippen LogP contribution >= 0.6 is 81.7 Å². The van der Waals surface area contributed by atoms with E-state index in [1.165, 1.54) is 14.0 Å². The molecule has 0 bridgehead atoms. The molecule has 0 fully saturated rings. The molecule has 0 N–H and O–H groups in total. The first kappa shape index (κ1) is 13.5. The van der Waals surface area contributed by atoms with Crippen LogP contribution in [0.4, 0.5) is 0 Å². The Balaban J connectivity index is 2.39. The minimum absolute atomic E-state index is 0.258. The van der Waals surface area contributed by atoms with Gasteiger partial charge in [-0.2, -0.15) is 0 Å². The molecule has 0 spiro atoms. The molecule has 2 aromatic rings. The summed E-state index contributed by atoms with van der Waals surface area (Å²) in [6.07, 6.45) is 0. The highest BCUT2D eigenvalue weighted by Gasteiger charge is 2.16. The fourth-order valence-corrected chi connectivity index (χ4v) is 5.35. The molecule has 0 aliphatic heterocycles. The zero-order chi connectivity index (χ0) is 11.7. The molecule has 0 amide bonds. The van der Waals surface area contributed by atoms with Gasteiger partial charge in [-0.05, 0) is 72.1 Å². The zero-order valence-electron chi connectivity index (χ0n) is 7.88. The summed E-state index contributed by atoms with van der Waals surface area (Å²) in [6.45, 7) is 0. The summed E-state index contributed by atoms with van der Waals surface area (Å²) >= 11 is 14.9. The third kappa shape index (κ3) is 2.91. The summed E-state index contributed by atoms with van der Waals surface area (Å²) in [7, 11) is 0. The average Bonchev–Trinajstić information content (AvgIpc) is 2.59. The van der Waals surface area contributed by atoms with Gasteiger partial charge in [-0.3, -0.25) is 0 Å². The van der Waals surface area contributed by atoms with Gasteiger partial charge in [-0.25, -0.2) is 0 Å². The van der Waals surface area contributed by atoms with Crippen LogP contribution in [0.1, 0.15) is 15.3 Å². The van der Waals surface area contributed by atoms with E-state index in [4.69, 9.17) is 0 Å². The fourth-order valence-electron chi connectivity index (χ4n) is 1.32. The smallest absolute Gasteiger partial charge is 0.0843 e. The molecule has 1 aromatic carbocycles. The molecule has 0 nitrogen and oxygen atoms in total. The lowest BCUT2D eigenvalue weighted by Crippen LogP contribution is -1.92. The Morgan fingerprint density at radius 1 is 1.19 bits per heavy atom. The normalized spacial score (nSPS) is 12.8. The third-order valence-corrected chi connectivity index (χ3v) is 7.69. The molecule has 0 saturated carbocycles. The zero-order valence-corrected chi connectivity index (χ0v) is 15.6. The largest absolute Gasteiger partial charge is 0.131 e. The van der Waals surface area contributed by atoms with Crippen molar-refractivity contribution in [2.45, 2.75) is 4.83 Å². The van der Waals surface area contributed by atoms with E-state index in [0.29, 0.717) is 0 Å². The van der Waals surface area contributed by atoms with Crippen LogP contribution in [0.15, 0.2) is 38.6 Å². The van der Waals surface area contributed by atoms with Crippen molar-refractivity contribution in [3.8, 4) is 0 Å². The van der Waals surface area contributed by atoms with Crippen molar-refractivity contribution < 1.29 is 0 Å². The lowest BCUT2D eigenvalue weighted by molar-refractivity contribution is 1.20. The van der Waals surface area contributed by atoms with Gasteiger partial charge >= 0.3 is 0 Å². The highest BCUT2D eigenvalue weighted by Crippen LogP contribution is 2.42. The Morgan fingerprint density at radius 3 is 2.44 bits per heavy atom. The van der Waals surface area contributed by atoms with E-state index in [9.17, 15) is 0 Å². The minimum atomic E-state index is 0.258. The molecule has 5 heteroatoms. The molecule has 1 aromatic heterocycles. The van der Waals surface area contributed by atoms with Crippen molar-refractivity contribution in [1.29, 1.82) is 0 Å². The van der Waals surface area contributed by atoms with Crippen LogP contribution in [-0.4, -0.2) is 0 Å². The summed E-state index contributed by atoms with van der Waals surface area (Å²) in [6, 6.07) is 10.6. The third-order valence-electron chi connectivity index (χ3n) is 2.09. The SMILES string of the molecule is Brc1cc(C(Br)c2ccccc2I)sc1Br. The first-order valence-electron chi connectivity index (χ1n) is 4.43. The Bertz CT molecular complexity index is 490. The molecular weight excluding hydrogens is 531 g/mol. The van der Waals surface area contributed by atoms with E-state index >= 15 is 0 Å². The molecule has 16 heavy (non-hydrogen) atoms. The average molecular weight is 537 g/mol. The van der Waals surface area contributed by atoms with Gasteiger partial charge in [0, 0.05) is 12.9 Å². The quantitative estimate of drug-likeness (QED) is 0.309. The van der Waals surface area contributed by atoms with E-state index in [-0.39, 0.29) is 4.83 Å². The van der Waals surface area contributed by atoms with Gasteiger partial charge in [0.1, 0.15) is 0 Å². The number of rotatable bonds is 2. The molecule has 84 valence electrons. The highest BCUT2D eigenvalue weighted by molar-refractivity contribution is 14.1. The van der Waals surface area contributed by atoms with E-state index < -0.39 is 0 Å². The molecule has 0 saturated heterocycles. The number of halogens is 4. The Hall–Kier alpha value is 1.09. The monoisotopic (exact) mass is 534 g/mol. The van der Waals surface area contributed by atoms with Gasteiger partial charge in [0.05, 0.1) is 8.61 Å². The van der Waals surface area contributed by atoms with Gasteiger partial charge in [-0.1, -0.05) is 34.1 Å². The summed E-state index contributed by atoms with van der Waals surface area (Å²) in [5.41, 5.74) is 1.31. The molecule has 0 aliphatic carbocycles. The Morgan fingerprint density at radius 2 is 1.88 bits per heavy atom. The van der Waals surface area contributed by atoms with Crippen molar-refractivity contribution in [2.75, 3.05) is 0 Å². The molecule has 2 rings (SSSR count). The number of benzene rings is 1. The van der Waals surface area contributed by atoms with Crippen molar-refractivity contribution >= 4 is 81.7 Å². The molecule has 1 heterocycles. The Kier molecular flexibility index (Phi) is 4.92. The van der Waals surface area contributed by atoms with Gasteiger partial charge < -0.3 is 0 Å². The maximum absolute atomic E-state index is 3.76. The van der Waals surface area contributed by atoms with E-state index in [1.807, 2.05) is 0 Å². The number of hydrogen-bond donors (Lipinski definition) is 0.